The molecule has 5 heteroatoms. The van der Waals surface area contributed by atoms with Gasteiger partial charge in [-0.3, -0.25) is 4.79 Å². The van der Waals surface area contributed by atoms with Crippen LogP contribution in [0.4, 0.5) is 4.39 Å². The van der Waals surface area contributed by atoms with E-state index in [2.05, 4.69) is 20.9 Å². The molecule has 0 aliphatic carbocycles. The van der Waals surface area contributed by atoms with Crippen LogP contribution in [-0.2, 0) is 10.4 Å². The van der Waals surface area contributed by atoms with Gasteiger partial charge in [0.15, 0.2) is 5.67 Å². The second-order valence-electron chi connectivity index (χ2n) is 3.02. The molecule has 1 aliphatic rings. The van der Waals surface area contributed by atoms with E-state index in [0.29, 0.717) is 4.47 Å². The van der Waals surface area contributed by atoms with Crippen molar-refractivity contribution in [1.82, 2.24) is 4.98 Å². The number of alkyl halides is 1. The number of ether oxygens (including phenoxy) is 1. The number of pyridine rings is 1. The minimum atomic E-state index is -1.60. The molecule has 0 amide bonds. The number of aromatic amines is 1. The van der Waals surface area contributed by atoms with Crippen molar-refractivity contribution in [2.24, 2.45) is 0 Å². The van der Waals surface area contributed by atoms with Crippen LogP contribution < -0.4 is 5.56 Å². The summed E-state index contributed by atoms with van der Waals surface area (Å²) in [7, 11) is 0. The Bertz CT molecular complexity index is 386. The van der Waals surface area contributed by atoms with Gasteiger partial charge >= 0.3 is 0 Å². The summed E-state index contributed by atoms with van der Waals surface area (Å²) in [5.41, 5.74) is -1.86. The first-order valence-electron chi connectivity index (χ1n) is 3.77. The normalized spacial score (nSPS) is 19.5. The van der Waals surface area contributed by atoms with Gasteiger partial charge in [-0.15, -0.1) is 0 Å². The van der Waals surface area contributed by atoms with Gasteiger partial charge in [0.05, 0.1) is 18.8 Å². The van der Waals surface area contributed by atoms with E-state index >= 15 is 0 Å². The molecule has 0 unspecified atom stereocenters. The highest BCUT2D eigenvalue weighted by Crippen LogP contribution is 2.32. The quantitative estimate of drug-likeness (QED) is 0.814. The Kier molecular flexibility index (Phi) is 2.00. The topological polar surface area (TPSA) is 42.1 Å². The van der Waals surface area contributed by atoms with Crippen LogP contribution in [0.5, 0.6) is 0 Å². The molecule has 2 rings (SSSR count). The summed E-state index contributed by atoms with van der Waals surface area (Å²) in [6.45, 7) is -0.0704. The van der Waals surface area contributed by atoms with Gasteiger partial charge in [-0.2, -0.15) is 0 Å². The molecule has 0 aromatic carbocycles. The second kappa shape index (κ2) is 2.92. The molecule has 0 radical (unpaired) electrons. The summed E-state index contributed by atoms with van der Waals surface area (Å²) in [5.74, 6) is 0. The zero-order valence-corrected chi connectivity index (χ0v) is 8.23. The lowest BCUT2D eigenvalue weighted by atomic mass is 9.96. The number of halogens is 2. The number of hydrogen-bond acceptors (Lipinski definition) is 2. The van der Waals surface area contributed by atoms with Gasteiger partial charge in [0.2, 0.25) is 0 Å². The van der Waals surface area contributed by atoms with E-state index in [9.17, 15) is 9.18 Å². The van der Waals surface area contributed by atoms with Crippen LogP contribution in [0, 0.1) is 0 Å². The molecule has 1 aromatic heterocycles. The fraction of sp³-hybridized carbons (Fsp3) is 0.375. The maximum absolute atomic E-state index is 13.7. The van der Waals surface area contributed by atoms with E-state index in [1.165, 1.54) is 12.3 Å². The van der Waals surface area contributed by atoms with Crippen molar-refractivity contribution in [3.63, 3.8) is 0 Å². The van der Waals surface area contributed by atoms with Crippen molar-refractivity contribution in [2.45, 2.75) is 5.67 Å². The first kappa shape index (κ1) is 8.90. The van der Waals surface area contributed by atoms with Gasteiger partial charge in [-0.1, -0.05) is 0 Å². The predicted molar refractivity (Wildman–Crippen MR) is 48.4 cm³/mol. The smallest absolute Gasteiger partial charge is 0.254 e. The van der Waals surface area contributed by atoms with Crippen molar-refractivity contribution < 1.29 is 9.13 Å². The average molecular weight is 248 g/mol. The van der Waals surface area contributed by atoms with Crippen molar-refractivity contribution >= 4 is 15.9 Å². The first-order chi connectivity index (χ1) is 6.12. The molecule has 13 heavy (non-hydrogen) atoms. The molecule has 2 heterocycles. The minimum Gasteiger partial charge on any atom is -0.374 e. The molecule has 1 aromatic rings. The van der Waals surface area contributed by atoms with Crippen molar-refractivity contribution in [2.75, 3.05) is 13.2 Å². The predicted octanol–water partition coefficient (Wildman–Crippen LogP) is 1.33. The molecule has 0 atom stereocenters. The molecule has 1 saturated heterocycles. The molecule has 3 nitrogen and oxygen atoms in total. The third-order valence-electron chi connectivity index (χ3n) is 2.01. The fourth-order valence-electron chi connectivity index (χ4n) is 1.23. The van der Waals surface area contributed by atoms with Crippen LogP contribution in [0.2, 0.25) is 0 Å². The maximum atomic E-state index is 13.7. The molecule has 1 aliphatic heterocycles. The number of rotatable bonds is 1. The number of hydrogen-bond donors (Lipinski definition) is 1. The van der Waals surface area contributed by atoms with E-state index in [-0.39, 0.29) is 18.8 Å². The van der Waals surface area contributed by atoms with Gasteiger partial charge < -0.3 is 9.72 Å². The molecule has 0 bridgehead atoms. The van der Waals surface area contributed by atoms with E-state index in [1.807, 2.05) is 0 Å². The summed E-state index contributed by atoms with van der Waals surface area (Å²) >= 11 is 3.16. The molecule has 70 valence electrons. The first-order valence-corrected chi connectivity index (χ1v) is 4.56. The van der Waals surface area contributed by atoms with E-state index in [1.54, 1.807) is 0 Å². The van der Waals surface area contributed by atoms with Crippen LogP contribution in [-0.4, -0.2) is 18.2 Å². The minimum absolute atomic E-state index is 0.0352. The number of H-pyrrole nitrogens is 1. The summed E-state index contributed by atoms with van der Waals surface area (Å²) in [6, 6.07) is 1.49. The van der Waals surface area contributed by atoms with E-state index in [0.717, 1.165) is 0 Å². The number of aromatic nitrogens is 1. The third-order valence-corrected chi connectivity index (χ3v) is 2.47. The van der Waals surface area contributed by atoms with Gasteiger partial charge in [-0.25, -0.2) is 4.39 Å². The highest BCUT2D eigenvalue weighted by atomic mass is 79.9. The highest BCUT2D eigenvalue weighted by molar-refractivity contribution is 9.10. The Morgan fingerprint density at radius 2 is 2.31 bits per heavy atom. The standard InChI is InChI=1S/C8H7BrFNO2/c9-5-1-6(7(12)11-2-5)8(10)3-13-4-8/h1-2H,3-4H2,(H,11,12). The monoisotopic (exact) mass is 247 g/mol. The van der Waals surface area contributed by atoms with Crippen molar-refractivity contribution in [3.05, 3.63) is 32.7 Å². The maximum Gasteiger partial charge on any atom is 0.254 e. The van der Waals surface area contributed by atoms with E-state index < -0.39 is 11.2 Å². The van der Waals surface area contributed by atoms with Crippen LogP contribution in [0.3, 0.4) is 0 Å². The van der Waals surface area contributed by atoms with Crippen LogP contribution in [0.1, 0.15) is 5.56 Å². The molecule has 1 fully saturated rings. The lowest BCUT2D eigenvalue weighted by molar-refractivity contribution is -0.136. The Morgan fingerprint density at radius 1 is 1.62 bits per heavy atom. The lowest BCUT2D eigenvalue weighted by Gasteiger charge is -2.33. The molecule has 0 spiro atoms. The molecule has 1 N–H and O–H groups in total. The Morgan fingerprint density at radius 3 is 2.85 bits per heavy atom. The Labute approximate surface area is 82.0 Å². The lowest BCUT2D eigenvalue weighted by Crippen LogP contribution is -2.46. The molecular weight excluding hydrogens is 241 g/mol. The van der Waals surface area contributed by atoms with Crippen molar-refractivity contribution in [3.8, 4) is 0 Å². The SMILES string of the molecule is O=c1[nH]cc(Br)cc1C1(F)COC1. The van der Waals surface area contributed by atoms with Gasteiger partial charge in [0.25, 0.3) is 5.56 Å². The average Bonchev–Trinajstić information content (AvgIpc) is 2.05. The van der Waals surface area contributed by atoms with Crippen molar-refractivity contribution in [1.29, 1.82) is 0 Å². The molecule has 0 saturated carbocycles. The Balaban J connectivity index is 2.50. The van der Waals surface area contributed by atoms with Gasteiger partial charge in [0, 0.05) is 10.7 Å². The van der Waals surface area contributed by atoms with Crippen LogP contribution in [0.15, 0.2) is 21.5 Å². The van der Waals surface area contributed by atoms with E-state index in [4.69, 9.17) is 4.74 Å². The zero-order valence-electron chi connectivity index (χ0n) is 6.64. The highest BCUT2D eigenvalue weighted by Gasteiger charge is 2.42. The van der Waals surface area contributed by atoms with Gasteiger partial charge in [0.1, 0.15) is 0 Å². The summed E-state index contributed by atoms with van der Waals surface area (Å²) < 4.78 is 19.1. The fourth-order valence-corrected chi connectivity index (χ4v) is 1.57. The van der Waals surface area contributed by atoms with Crippen LogP contribution >= 0.6 is 15.9 Å². The van der Waals surface area contributed by atoms with Crippen LogP contribution in [0.25, 0.3) is 0 Å². The zero-order chi connectivity index (χ0) is 9.47. The Hall–Kier alpha value is -0.680. The third kappa shape index (κ3) is 1.42. The largest absolute Gasteiger partial charge is 0.374 e. The summed E-state index contributed by atoms with van der Waals surface area (Å²) in [6.07, 6.45) is 1.48. The summed E-state index contributed by atoms with van der Waals surface area (Å²) in [5, 5.41) is 0. The number of nitrogens with one attached hydrogen (secondary N) is 1. The van der Waals surface area contributed by atoms with Gasteiger partial charge in [-0.05, 0) is 22.0 Å². The summed E-state index contributed by atoms with van der Waals surface area (Å²) in [4.78, 5) is 13.7. The second-order valence-corrected chi connectivity index (χ2v) is 3.93. The molecular formula is C8H7BrFNO2.